The van der Waals surface area contributed by atoms with Gasteiger partial charge >= 0.3 is 5.97 Å². The van der Waals surface area contributed by atoms with Crippen LogP contribution in [0.15, 0.2) is 0 Å². The normalized spacial score (nSPS) is 42.9. The maximum atomic E-state index is 11.9. The highest BCUT2D eigenvalue weighted by Crippen LogP contribution is 2.69. The van der Waals surface area contributed by atoms with Crippen LogP contribution in [-0.2, 0) is 18.4 Å². The second-order valence-corrected chi connectivity index (χ2v) is 24.9. The van der Waals surface area contributed by atoms with Crippen LogP contribution in [0, 0.1) is 46.3 Å². The van der Waals surface area contributed by atoms with E-state index in [9.17, 15) is 4.79 Å². The van der Waals surface area contributed by atoms with Crippen LogP contribution in [0.25, 0.3) is 0 Å². The molecule has 6 heteroatoms. The van der Waals surface area contributed by atoms with Crippen LogP contribution in [0.5, 0.6) is 0 Å². The molecule has 0 aromatic rings. The Balaban J connectivity index is 1.59. The van der Waals surface area contributed by atoms with Gasteiger partial charge in [-0.25, -0.2) is 0 Å². The summed E-state index contributed by atoms with van der Waals surface area (Å²) in [4.78, 5) is 11.9. The van der Waals surface area contributed by atoms with Crippen LogP contribution in [0.4, 0.5) is 0 Å². The molecule has 214 valence electrons. The Hall–Kier alpha value is -0.176. The fourth-order valence-corrected chi connectivity index (χ4v) is 12.3. The second-order valence-electron chi connectivity index (χ2n) is 15.9. The van der Waals surface area contributed by atoms with Crippen molar-refractivity contribution in [3.63, 3.8) is 0 Å². The van der Waals surface area contributed by atoms with Crippen molar-refractivity contribution >= 4 is 22.6 Å². The topological polar surface area (TPSA) is 44.8 Å². The van der Waals surface area contributed by atoms with Crippen LogP contribution in [0.3, 0.4) is 0 Å². The van der Waals surface area contributed by atoms with Gasteiger partial charge in [-0.3, -0.25) is 4.79 Å². The lowest BCUT2D eigenvalue weighted by Crippen LogP contribution is -2.60. The third kappa shape index (κ3) is 6.12. The number of ether oxygens (including phenoxy) is 1. The first-order valence-electron chi connectivity index (χ1n) is 15.5. The van der Waals surface area contributed by atoms with E-state index in [1.807, 2.05) is 0 Å². The van der Waals surface area contributed by atoms with Gasteiger partial charge in [-0.1, -0.05) is 20.8 Å². The molecule has 4 aliphatic carbocycles. The van der Waals surface area contributed by atoms with Crippen molar-refractivity contribution in [2.75, 3.05) is 7.11 Å². The molecular formula is C31H58O4Si2. The number of esters is 1. The zero-order valence-corrected chi connectivity index (χ0v) is 27.8. The van der Waals surface area contributed by atoms with Gasteiger partial charge in [0.2, 0.25) is 0 Å². The lowest BCUT2D eigenvalue weighted by Gasteiger charge is -2.64. The quantitative estimate of drug-likeness (QED) is 0.225. The smallest absolute Gasteiger partial charge is 0.305 e. The summed E-state index contributed by atoms with van der Waals surface area (Å²) in [6.07, 6.45) is 12.8. The molecule has 1 unspecified atom stereocenters. The first kappa shape index (κ1) is 29.8. The number of hydrogen-bond donors (Lipinski definition) is 0. The Morgan fingerprint density at radius 3 is 2.11 bits per heavy atom. The van der Waals surface area contributed by atoms with Crippen molar-refractivity contribution in [1.29, 1.82) is 0 Å². The molecule has 0 aromatic carbocycles. The first-order chi connectivity index (χ1) is 17.1. The molecule has 0 N–H and O–H groups in total. The lowest BCUT2D eigenvalue weighted by molar-refractivity contribution is -0.168. The van der Waals surface area contributed by atoms with Crippen molar-refractivity contribution in [3.8, 4) is 0 Å². The molecule has 0 aromatic heterocycles. The fourth-order valence-electron chi connectivity index (χ4n) is 9.97. The summed E-state index contributed by atoms with van der Waals surface area (Å²) in [6.45, 7) is 21.9. The Kier molecular flexibility index (Phi) is 8.59. The van der Waals surface area contributed by atoms with Gasteiger partial charge < -0.3 is 13.6 Å². The van der Waals surface area contributed by atoms with E-state index in [1.165, 1.54) is 58.5 Å². The van der Waals surface area contributed by atoms with Crippen LogP contribution in [0.1, 0.15) is 85.0 Å². The van der Waals surface area contributed by atoms with E-state index in [0.717, 1.165) is 24.2 Å². The number of hydrogen-bond acceptors (Lipinski definition) is 4. The van der Waals surface area contributed by atoms with E-state index < -0.39 is 16.6 Å². The minimum Gasteiger partial charge on any atom is -0.469 e. The molecule has 10 atom stereocenters. The molecule has 0 heterocycles. The van der Waals surface area contributed by atoms with Crippen LogP contribution in [0.2, 0.25) is 39.3 Å². The van der Waals surface area contributed by atoms with Crippen molar-refractivity contribution < 1.29 is 18.4 Å². The molecule has 0 amide bonds. The molecule has 0 spiro atoms. The van der Waals surface area contributed by atoms with E-state index in [4.69, 9.17) is 13.6 Å². The maximum Gasteiger partial charge on any atom is 0.305 e. The van der Waals surface area contributed by atoms with Crippen molar-refractivity contribution in [2.24, 2.45) is 46.3 Å². The van der Waals surface area contributed by atoms with Gasteiger partial charge in [0.25, 0.3) is 0 Å². The van der Waals surface area contributed by atoms with Crippen molar-refractivity contribution in [1.82, 2.24) is 0 Å². The Labute approximate surface area is 230 Å². The molecule has 4 aliphatic rings. The largest absolute Gasteiger partial charge is 0.469 e. The molecule has 0 saturated heterocycles. The van der Waals surface area contributed by atoms with Crippen molar-refractivity contribution in [3.05, 3.63) is 0 Å². The monoisotopic (exact) mass is 550 g/mol. The number of carbonyl (C=O) groups excluding carboxylic acids is 1. The molecular weight excluding hydrogens is 493 g/mol. The molecule has 0 aliphatic heterocycles. The fraction of sp³-hybridized carbons (Fsp3) is 0.968. The highest BCUT2D eigenvalue weighted by atomic mass is 28.4. The molecule has 4 fully saturated rings. The van der Waals surface area contributed by atoms with Gasteiger partial charge in [-0.15, -0.1) is 0 Å². The lowest BCUT2D eigenvalue weighted by atomic mass is 9.43. The third-order valence-corrected chi connectivity index (χ3v) is 13.5. The maximum absolute atomic E-state index is 11.9. The van der Waals surface area contributed by atoms with Gasteiger partial charge in [-0.2, -0.15) is 0 Å². The summed E-state index contributed by atoms with van der Waals surface area (Å²) in [5.74, 6) is 4.18. The Morgan fingerprint density at radius 2 is 1.49 bits per heavy atom. The van der Waals surface area contributed by atoms with E-state index in [-0.39, 0.29) is 5.97 Å². The van der Waals surface area contributed by atoms with Gasteiger partial charge in [-0.05, 0) is 143 Å². The third-order valence-electron chi connectivity index (χ3n) is 11.4. The first-order valence-corrected chi connectivity index (χ1v) is 22.3. The molecule has 4 saturated carbocycles. The molecule has 37 heavy (non-hydrogen) atoms. The summed E-state index contributed by atoms with van der Waals surface area (Å²) < 4.78 is 18.8. The van der Waals surface area contributed by atoms with Gasteiger partial charge in [0.1, 0.15) is 0 Å². The molecule has 4 rings (SSSR count). The number of carbonyl (C=O) groups is 1. The SMILES string of the molecule is COC(=O)CC[C@@H](C)[C@H]1CC[C@H]2[C@@H]3C(O[Si](C)(C)C)C[C@@H]4C[C@H](O[Si](C)(C)C)CC[C@]4(C)[C@H]3CC[C@]12C. The Bertz CT molecular complexity index is 819. The van der Waals surface area contributed by atoms with Gasteiger partial charge in [0.15, 0.2) is 16.6 Å². The van der Waals surface area contributed by atoms with Crippen LogP contribution in [-0.4, -0.2) is 41.9 Å². The predicted octanol–water partition coefficient (Wildman–Crippen LogP) is 8.28. The zero-order chi connectivity index (χ0) is 27.4. The predicted molar refractivity (Wildman–Crippen MR) is 157 cm³/mol. The van der Waals surface area contributed by atoms with E-state index in [1.54, 1.807) is 0 Å². The summed E-state index contributed by atoms with van der Waals surface area (Å²) in [5.41, 5.74) is 0.804. The van der Waals surface area contributed by atoms with Crippen LogP contribution < -0.4 is 0 Å². The highest BCUT2D eigenvalue weighted by molar-refractivity contribution is 6.70. The average Bonchev–Trinajstić information content (AvgIpc) is 3.13. The molecule has 0 radical (unpaired) electrons. The van der Waals surface area contributed by atoms with E-state index >= 15 is 0 Å². The molecule has 4 nitrogen and oxygen atoms in total. The average molecular weight is 551 g/mol. The van der Waals surface area contributed by atoms with Gasteiger partial charge in [0, 0.05) is 18.6 Å². The summed E-state index contributed by atoms with van der Waals surface area (Å²) in [5, 5.41) is 0. The van der Waals surface area contributed by atoms with E-state index in [2.05, 4.69) is 60.1 Å². The number of fused-ring (bicyclic) bond motifs is 5. The number of methoxy groups -OCH3 is 1. The summed E-state index contributed by atoms with van der Waals surface area (Å²) in [7, 11) is -1.69. The number of rotatable bonds is 8. The summed E-state index contributed by atoms with van der Waals surface area (Å²) >= 11 is 0. The second kappa shape index (κ2) is 10.7. The van der Waals surface area contributed by atoms with Crippen LogP contribution >= 0.6 is 0 Å². The Morgan fingerprint density at radius 1 is 0.865 bits per heavy atom. The van der Waals surface area contributed by atoms with Gasteiger partial charge in [0.05, 0.1) is 7.11 Å². The van der Waals surface area contributed by atoms with E-state index in [0.29, 0.717) is 47.2 Å². The highest BCUT2D eigenvalue weighted by Gasteiger charge is 2.63. The standard InChI is InChI=1S/C31H58O4Si2/c1-21(11-14-28(32)33-4)24-12-13-25-29-26(16-18-31(24,25)3)30(2)17-15-23(34-36(5,6)7)19-22(30)20-27(29)35-37(8,9)10/h21-27,29H,11-20H2,1-10H3/t21-,22+,23-,24-,25+,26+,27?,29+,30+,31-/m1/s1. The minimum atomic E-state index is -1.67. The summed E-state index contributed by atoms with van der Waals surface area (Å²) in [6, 6.07) is 0. The minimum absolute atomic E-state index is 0.0567. The van der Waals surface area contributed by atoms with Crippen molar-refractivity contribution in [2.45, 2.75) is 136 Å². The molecule has 0 bridgehead atoms. The zero-order valence-electron chi connectivity index (χ0n) is 25.8.